The minimum atomic E-state index is -0.215. The van der Waals surface area contributed by atoms with E-state index in [9.17, 15) is 4.79 Å². The number of nitrogens with one attached hydrogen (secondary N) is 2. The second-order valence-corrected chi connectivity index (χ2v) is 8.83. The highest BCUT2D eigenvalue weighted by Crippen LogP contribution is 2.31. The molecular weight excluding hydrogens is 346 g/mol. The Morgan fingerprint density at radius 2 is 2.04 bits per heavy atom. The summed E-state index contributed by atoms with van der Waals surface area (Å²) in [5.74, 6) is 1.61. The van der Waals surface area contributed by atoms with Crippen LogP contribution in [-0.4, -0.2) is 39.4 Å². The van der Waals surface area contributed by atoms with Gasteiger partial charge in [0.1, 0.15) is 5.82 Å². The molecule has 1 saturated carbocycles. The van der Waals surface area contributed by atoms with Crippen LogP contribution in [0.5, 0.6) is 0 Å². The Morgan fingerprint density at radius 3 is 2.62 bits per heavy atom. The Bertz CT molecular complexity index is 679. The number of nitrogens with zero attached hydrogens (tertiary/aromatic N) is 3. The van der Waals surface area contributed by atoms with E-state index in [1.807, 2.05) is 38.6 Å². The zero-order chi connectivity index (χ0) is 19.3. The van der Waals surface area contributed by atoms with E-state index in [1.54, 1.807) is 0 Å². The lowest BCUT2D eigenvalue weighted by molar-refractivity contribution is -0.895. The molecule has 1 amide bonds. The summed E-state index contributed by atoms with van der Waals surface area (Å²) >= 11 is 5.67. The number of allylic oxidation sites excluding steroid dienone is 1. The van der Waals surface area contributed by atoms with Gasteiger partial charge in [-0.3, -0.25) is 9.36 Å². The molecule has 1 unspecified atom stereocenters. The van der Waals surface area contributed by atoms with E-state index < -0.39 is 0 Å². The van der Waals surface area contributed by atoms with Crippen LogP contribution in [0.15, 0.2) is 12.7 Å². The standard InChI is InChI=1S/C19H33N5OS/c1-6-12-23-17(15-10-8-7-9-11-15)21-24(18(23)26)14-22(5)13-16(25)20-19(2,3)4/h6,15H,1,7-14H2,2-5H3,(H,20,25)/p+1. The number of quaternary nitrogens is 1. The number of hydrogen-bond acceptors (Lipinski definition) is 3. The van der Waals surface area contributed by atoms with Crippen molar-refractivity contribution in [2.45, 2.75) is 77.5 Å². The van der Waals surface area contributed by atoms with E-state index in [0.29, 0.717) is 25.7 Å². The van der Waals surface area contributed by atoms with Gasteiger partial charge in [-0.2, -0.15) is 9.78 Å². The zero-order valence-corrected chi connectivity index (χ0v) is 17.5. The van der Waals surface area contributed by atoms with Crippen molar-refractivity contribution in [2.24, 2.45) is 0 Å². The zero-order valence-electron chi connectivity index (χ0n) is 16.7. The van der Waals surface area contributed by atoms with Gasteiger partial charge in [0.2, 0.25) is 4.77 Å². The summed E-state index contributed by atoms with van der Waals surface area (Å²) in [4.78, 5) is 13.2. The number of carbonyl (C=O) groups excluding carboxylic acids is 1. The predicted molar refractivity (Wildman–Crippen MR) is 107 cm³/mol. The van der Waals surface area contributed by atoms with Gasteiger partial charge < -0.3 is 10.2 Å². The molecule has 1 aliphatic rings. The minimum absolute atomic E-state index is 0.0412. The van der Waals surface area contributed by atoms with Crippen LogP contribution in [0.3, 0.4) is 0 Å². The van der Waals surface area contributed by atoms with Gasteiger partial charge in [0.25, 0.3) is 5.91 Å². The predicted octanol–water partition coefficient (Wildman–Crippen LogP) is 2.03. The van der Waals surface area contributed by atoms with Gasteiger partial charge in [0.05, 0.1) is 7.05 Å². The first-order valence-corrected chi connectivity index (χ1v) is 10.0. The average molecular weight is 381 g/mol. The molecule has 0 aliphatic heterocycles. The van der Waals surface area contributed by atoms with Crippen molar-refractivity contribution in [3.8, 4) is 0 Å². The second-order valence-electron chi connectivity index (χ2n) is 8.46. The van der Waals surface area contributed by atoms with Crippen molar-refractivity contribution in [2.75, 3.05) is 13.6 Å². The summed E-state index contributed by atoms with van der Waals surface area (Å²) in [6.07, 6.45) is 8.07. The lowest BCUT2D eigenvalue weighted by atomic mass is 9.89. The van der Waals surface area contributed by atoms with Crippen LogP contribution in [0.2, 0.25) is 0 Å². The largest absolute Gasteiger partial charge is 0.347 e. The molecule has 0 spiro atoms. The molecule has 1 aromatic rings. The normalized spacial score (nSPS) is 17.1. The van der Waals surface area contributed by atoms with Crippen molar-refractivity contribution in [3.05, 3.63) is 23.3 Å². The van der Waals surface area contributed by atoms with E-state index in [4.69, 9.17) is 17.3 Å². The van der Waals surface area contributed by atoms with Crippen LogP contribution in [-0.2, 0) is 18.0 Å². The third kappa shape index (κ3) is 5.77. The number of aromatic nitrogens is 3. The monoisotopic (exact) mass is 380 g/mol. The number of likely N-dealkylation sites (N-methyl/N-ethyl adjacent to an activating group) is 1. The first-order chi connectivity index (χ1) is 12.2. The topological polar surface area (TPSA) is 56.3 Å². The van der Waals surface area contributed by atoms with Gasteiger partial charge in [-0.25, -0.2) is 0 Å². The van der Waals surface area contributed by atoms with Crippen LogP contribution in [0.1, 0.15) is 64.6 Å². The number of rotatable bonds is 7. The van der Waals surface area contributed by atoms with Crippen molar-refractivity contribution in [1.29, 1.82) is 0 Å². The molecule has 1 aliphatic carbocycles. The van der Waals surface area contributed by atoms with E-state index in [2.05, 4.69) is 16.5 Å². The maximum Gasteiger partial charge on any atom is 0.275 e. The van der Waals surface area contributed by atoms with Gasteiger partial charge in [0, 0.05) is 18.0 Å². The Balaban J connectivity index is 2.12. The molecule has 146 valence electrons. The molecule has 1 fully saturated rings. The maximum absolute atomic E-state index is 12.2. The lowest BCUT2D eigenvalue weighted by Crippen LogP contribution is -3.09. The van der Waals surface area contributed by atoms with Crippen molar-refractivity contribution in [1.82, 2.24) is 19.7 Å². The summed E-state index contributed by atoms with van der Waals surface area (Å²) in [6.45, 7) is 11.5. The molecule has 1 aromatic heterocycles. The molecule has 6 nitrogen and oxygen atoms in total. The first kappa shape index (κ1) is 20.8. The van der Waals surface area contributed by atoms with Gasteiger partial charge in [-0.05, 0) is 45.8 Å². The SMILES string of the molecule is C=CCn1c(C2CCCCC2)nn(C[NH+](C)CC(=O)NC(C)(C)C)c1=S. The third-order valence-corrected chi connectivity index (χ3v) is 5.06. The lowest BCUT2D eigenvalue weighted by Gasteiger charge is -2.22. The van der Waals surface area contributed by atoms with Crippen LogP contribution in [0, 0.1) is 4.77 Å². The fraction of sp³-hybridized carbons (Fsp3) is 0.737. The summed E-state index contributed by atoms with van der Waals surface area (Å²) in [5.41, 5.74) is -0.215. The number of hydrogen-bond donors (Lipinski definition) is 2. The average Bonchev–Trinajstić information content (AvgIpc) is 2.83. The van der Waals surface area contributed by atoms with Gasteiger partial charge in [-0.1, -0.05) is 25.3 Å². The van der Waals surface area contributed by atoms with E-state index in [1.165, 1.54) is 32.1 Å². The molecule has 0 aromatic carbocycles. The van der Waals surface area contributed by atoms with Crippen molar-refractivity contribution in [3.63, 3.8) is 0 Å². The van der Waals surface area contributed by atoms with Crippen molar-refractivity contribution < 1.29 is 9.69 Å². The Morgan fingerprint density at radius 1 is 1.38 bits per heavy atom. The summed E-state index contributed by atoms with van der Waals surface area (Å²) in [5, 5.41) is 7.85. The number of amides is 1. The summed E-state index contributed by atoms with van der Waals surface area (Å²) < 4.78 is 4.71. The molecule has 0 saturated heterocycles. The minimum Gasteiger partial charge on any atom is -0.347 e. The van der Waals surface area contributed by atoms with E-state index in [-0.39, 0.29) is 11.4 Å². The molecule has 26 heavy (non-hydrogen) atoms. The molecule has 1 heterocycles. The van der Waals surface area contributed by atoms with E-state index in [0.717, 1.165) is 15.5 Å². The first-order valence-electron chi connectivity index (χ1n) is 9.62. The van der Waals surface area contributed by atoms with Gasteiger partial charge in [0.15, 0.2) is 13.2 Å². The van der Waals surface area contributed by atoms with Crippen LogP contribution in [0.4, 0.5) is 0 Å². The highest BCUT2D eigenvalue weighted by Gasteiger charge is 2.24. The molecular formula is C19H34N5OS+. The van der Waals surface area contributed by atoms with Crippen LogP contribution < -0.4 is 10.2 Å². The maximum atomic E-state index is 12.2. The van der Waals surface area contributed by atoms with Gasteiger partial charge in [-0.15, -0.1) is 6.58 Å². The quantitative estimate of drug-likeness (QED) is 0.562. The van der Waals surface area contributed by atoms with Crippen molar-refractivity contribution >= 4 is 18.1 Å². The van der Waals surface area contributed by atoms with Gasteiger partial charge >= 0.3 is 0 Å². The molecule has 0 radical (unpaired) electrons. The molecule has 2 rings (SSSR count). The second kappa shape index (κ2) is 8.95. The third-order valence-electron chi connectivity index (χ3n) is 4.63. The molecule has 1 atom stereocenters. The summed E-state index contributed by atoms with van der Waals surface area (Å²) in [6, 6.07) is 0. The smallest absolute Gasteiger partial charge is 0.275 e. The molecule has 7 heteroatoms. The van der Waals surface area contributed by atoms with Crippen LogP contribution in [0.25, 0.3) is 0 Å². The highest BCUT2D eigenvalue weighted by molar-refractivity contribution is 7.71. The molecule has 0 bridgehead atoms. The summed E-state index contributed by atoms with van der Waals surface area (Å²) in [7, 11) is 2.00. The Labute approximate surface area is 162 Å². The fourth-order valence-electron chi connectivity index (χ4n) is 3.57. The number of carbonyl (C=O) groups is 1. The molecule has 2 N–H and O–H groups in total. The Hall–Kier alpha value is -1.47. The van der Waals surface area contributed by atoms with Crippen LogP contribution >= 0.6 is 12.2 Å². The Kier molecular flexibility index (Phi) is 7.17. The van der Waals surface area contributed by atoms with E-state index >= 15 is 0 Å². The fourth-order valence-corrected chi connectivity index (χ4v) is 3.85. The highest BCUT2D eigenvalue weighted by atomic mass is 32.1.